The van der Waals surface area contributed by atoms with Crippen molar-refractivity contribution in [3.05, 3.63) is 0 Å². The second-order valence-corrected chi connectivity index (χ2v) is 6.19. The fourth-order valence-electron chi connectivity index (χ4n) is 2.50. The highest BCUT2D eigenvalue weighted by Crippen LogP contribution is 2.17. The summed E-state index contributed by atoms with van der Waals surface area (Å²) in [5.74, 6) is 0. The van der Waals surface area contributed by atoms with Crippen LogP contribution in [0.15, 0.2) is 0 Å². The first-order valence-corrected chi connectivity index (χ1v) is 7.15. The standard InChI is InChI=1S/C14H31N3/c1-6-15-8-7-13(2)16-9-11-17(12-10-16)14(3,4)5/h13,15H,6-12H2,1-5H3. The van der Waals surface area contributed by atoms with Gasteiger partial charge in [-0.2, -0.15) is 0 Å². The predicted molar refractivity (Wildman–Crippen MR) is 75.5 cm³/mol. The smallest absolute Gasteiger partial charge is 0.0126 e. The molecule has 1 aliphatic heterocycles. The molecule has 0 spiro atoms. The molecule has 0 bridgehead atoms. The molecule has 102 valence electrons. The number of hydrogen-bond donors (Lipinski definition) is 1. The average molecular weight is 241 g/mol. The van der Waals surface area contributed by atoms with E-state index in [2.05, 4.69) is 49.7 Å². The van der Waals surface area contributed by atoms with Crippen molar-refractivity contribution in [1.82, 2.24) is 15.1 Å². The van der Waals surface area contributed by atoms with E-state index in [1.54, 1.807) is 0 Å². The van der Waals surface area contributed by atoms with Gasteiger partial charge in [-0.15, -0.1) is 0 Å². The van der Waals surface area contributed by atoms with E-state index >= 15 is 0 Å². The molecule has 0 radical (unpaired) electrons. The Kier molecular flexibility index (Phi) is 5.90. The summed E-state index contributed by atoms with van der Waals surface area (Å²) in [5, 5.41) is 3.41. The van der Waals surface area contributed by atoms with E-state index in [0.717, 1.165) is 19.1 Å². The number of nitrogens with one attached hydrogen (secondary N) is 1. The third kappa shape index (κ3) is 4.94. The number of nitrogens with zero attached hydrogens (tertiary/aromatic N) is 2. The first-order chi connectivity index (χ1) is 7.95. The van der Waals surface area contributed by atoms with Crippen molar-refractivity contribution < 1.29 is 0 Å². The van der Waals surface area contributed by atoms with Crippen LogP contribution in [-0.2, 0) is 0 Å². The molecule has 17 heavy (non-hydrogen) atoms. The minimum absolute atomic E-state index is 0.332. The van der Waals surface area contributed by atoms with Crippen LogP contribution in [0.3, 0.4) is 0 Å². The van der Waals surface area contributed by atoms with Crippen molar-refractivity contribution in [2.75, 3.05) is 39.3 Å². The maximum atomic E-state index is 3.41. The second-order valence-electron chi connectivity index (χ2n) is 6.19. The quantitative estimate of drug-likeness (QED) is 0.740. The van der Waals surface area contributed by atoms with E-state index in [-0.39, 0.29) is 0 Å². The van der Waals surface area contributed by atoms with Crippen LogP contribution < -0.4 is 5.32 Å². The molecule has 0 amide bonds. The lowest BCUT2D eigenvalue weighted by Crippen LogP contribution is -2.55. The van der Waals surface area contributed by atoms with Crippen molar-refractivity contribution in [2.45, 2.75) is 52.6 Å². The third-order valence-electron chi connectivity index (χ3n) is 3.88. The van der Waals surface area contributed by atoms with E-state index < -0.39 is 0 Å². The molecule has 0 aromatic rings. The molecule has 1 saturated heterocycles. The zero-order chi connectivity index (χ0) is 12.9. The summed E-state index contributed by atoms with van der Waals surface area (Å²) >= 11 is 0. The van der Waals surface area contributed by atoms with Crippen molar-refractivity contribution in [3.8, 4) is 0 Å². The van der Waals surface area contributed by atoms with Gasteiger partial charge in [0.15, 0.2) is 0 Å². The molecule has 1 rings (SSSR count). The van der Waals surface area contributed by atoms with E-state index in [4.69, 9.17) is 0 Å². The second kappa shape index (κ2) is 6.72. The van der Waals surface area contributed by atoms with Gasteiger partial charge in [0.1, 0.15) is 0 Å². The maximum absolute atomic E-state index is 3.41. The minimum Gasteiger partial charge on any atom is -0.317 e. The molecule has 1 fully saturated rings. The topological polar surface area (TPSA) is 18.5 Å². The van der Waals surface area contributed by atoms with Crippen molar-refractivity contribution >= 4 is 0 Å². The molecule has 3 heteroatoms. The monoisotopic (exact) mass is 241 g/mol. The Bertz CT molecular complexity index is 202. The third-order valence-corrected chi connectivity index (χ3v) is 3.88. The number of rotatable bonds is 5. The lowest BCUT2D eigenvalue weighted by atomic mass is 10.0. The Morgan fingerprint density at radius 3 is 2.18 bits per heavy atom. The molecule has 1 N–H and O–H groups in total. The van der Waals surface area contributed by atoms with Crippen molar-refractivity contribution in [2.24, 2.45) is 0 Å². The highest BCUT2D eigenvalue weighted by atomic mass is 15.3. The largest absolute Gasteiger partial charge is 0.317 e. The van der Waals surface area contributed by atoms with E-state index in [1.807, 2.05) is 0 Å². The Morgan fingerprint density at radius 1 is 1.12 bits per heavy atom. The van der Waals surface area contributed by atoms with Crippen molar-refractivity contribution in [3.63, 3.8) is 0 Å². The van der Waals surface area contributed by atoms with Crippen LogP contribution in [0.1, 0.15) is 41.0 Å². The Balaban J connectivity index is 2.26. The molecule has 1 aliphatic rings. The number of piperazine rings is 1. The maximum Gasteiger partial charge on any atom is 0.0126 e. The molecule has 1 heterocycles. The van der Waals surface area contributed by atoms with Crippen molar-refractivity contribution in [1.29, 1.82) is 0 Å². The zero-order valence-electron chi connectivity index (χ0n) is 12.4. The molecule has 0 aromatic heterocycles. The molecule has 1 atom stereocenters. The van der Waals surface area contributed by atoms with Gasteiger partial charge in [-0.3, -0.25) is 9.80 Å². The van der Waals surface area contributed by atoms with Crippen LogP contribution >= 0.6 is 0 Å². The first-order valence-electron chi connectivity index (χ1n) is 7.15. The predicted octanol–water partition coefficient (Wildman–Crippen LogP) is 1.79. The molecule has 1 unspecified atom stereocenters. The van der Waals surface area contributed by atoms with Crippen LogP contribution in [0.25, 0.3) is 0 Å². The van der Waals surface area contributed by atoms with Crippen LogP contribution in [0.4, 0.5) is 0 Å². The lowest BCUT2D eigenvalue weighted by Gasteiger charge is -2.44. The van der Waals surface area contributed by atoms with Gasteiger partial charge in [0, 0.05) is 37.8 Å². The highest BCUT2D eigenvalue weighted by molar-refractivity contribution is 4.83. The van der Waals surface area contributed by atoms with Gasteiger partial charge >= 0.3 is 0 Å². The van der Waals surface area contributed by atoms with Gasteiger partial charge in [0.05, 0.1) is 0 Å². The zero-order valence-corrected chi connectivity index (χ0v) is 12.4. The highest BCUT2D eigenvalue weighted by Gasteiger charge is 2.27. The lowest BCUT2D eigenvalue weighted by molar-refractivity contribution is 0.0440. The van der Waals surface area contributed by atoms with E-state index in [0.29, 0.717) is 5.54 Å². The summed E-state index contributed by atoms with van der Waals surface area (Å²) in [6, 6.07) is 0.719. The molecule has 0 saturated carbocycles. The fraction of sp³-hybridized carbons (Fsp3) is 1.00. The number of hydrogen-bond acceptors (Lipinski definition) is 3. The summed E-state index contributed by atoms with van der Waals surface area (Å²) in [5.41, 5.74) is 0.332. The van der Waals surface area contributed by atoms with Gasteiger partial charge in [-0.25, -0.2) is 0 Å². The van der Waals surface area contributed by atoms with Gasteiger partial charge < -0.3 is 5.32 Å². The molecule has 3 nitrogen and oxygen atoms in total. The summed E-state index contributed by atoms with van der Waals surface area (Å²) in [6.07, 6.45) is 1.27. The average Bonchev–Trinajstić information content (AvgIpc) is 2.28. The summed E-state index contributed by atoms with van der Waals surface area (Å²) < 4.78 is 0. The molecular formula is C14H31N3. The summed E-state index contributed by atoms with van der Waals surface area (Å²) in [4.78, 5) is 5.24. The Labute approximate surface area is 108 Å². The van der Waals surface area contributed by atoms with Crippen LogP contribution in [0, 0.1) is 0 Å². The van der Waals surface area contributed by atoms with Gasteiger partial charge in [-0.1, -0.05) is 6.92 Å². The van der Waals surface area contributed by atoms with Crippen LogP contribution in [-0.4, -0.2) is 60.6 Å². The van der Waals surface area contributed by atoms with E-state index in [9.17, 15) is 0 Å². The Morgan fingerprint density at radius 2 is 1.71 bits per heavy atom. The minimum atomic E-state index is 0.332. The van der Waals surface area contributed by atoms with Gasteiger partial charge in [0.25, 0.3) is 0 Å². The SMILES string of the molecule is CCNCCC(C)N1CCN(C(C)(C)C)CC1. The van der Waals surface area contributed by atoms with Gasteiger partial charge in [0.2, 0.25) is 0 Å². The first kappa shape index (κ1) is 14.9. The van der Waals surface area contributed by atoms with Gasteiger partial charge in [-0.05, 0) is 47.2 Å². The van der Waals surface area contributed by atoms with Crippen LogP contribution in [0.2, 0.25) is 0 Å². The Hall–Kier alpha value is -0.120. The fourth-order valence-corrected chi connectivity index (χ4v) is 2.50. The molecule has 0 aromatic carbocycles. The van der Waals surface area contributed by atoms with E-state index in [1.165, 1.54) is 32.6 Å². The molecular weight excluding hydrogens is 210 g/mol. The molecule has 0 aliphatic carbocycles. The van der Waals surface area contributed by atoms with Crippen LogP contribution in [0.5, 0.6) is 0 Å². The summed E-state index contributed by atoms with van der Waals surface area (Å²) in [6.45, 7) is 18.6. The normalized spacial score (nSPS) is 21.7. The summed E-state index contributed by atoms with van der Waals surface area (Å²) in [7, 11) is 0.